The van der Waals surface area contributed by atoms with Gasteiger partial charge in [-0.1, -0.05) is 30.3 Å². The summed E-state index contributed by atoms with van der Waals surface area (Å²) in [6.07, 6.45) is 2.71. The lowest BCUT2D eigenvalue weighted by atomic mass is 10.2. The van der Waals surface area contributed by atoms with Gasteiger partial charge in [0.15, 0.2) is 0 Å². The third-order valence-electron chi connectivity index (χ3n) is 4.14. The summed E-state index contributed by atoms with van der Waals surface area (Å²) in [7, 11) is 0. The van der Waals surface area contributed by atoms with Crippen LogP contribution in [0, 0.1) is 6.92 Å². The fraction of sp³-hybridized carbons (Fsp3) is 0.412. The third-order valence-corrected chi connectivity index (χ3v) is 4.14. The molecule has 1 amide bonds. The van der Waals surface area contributed by atoms with Crippen LogP contribution in [-0.4, -0.2) is 46.8 Å². The standard InChI is InChI=1S/C17H22N4O/c1-14-16(17(22)20-10-5-8-18-9-11-20)12-19-21(14)13-15-6-3-2-4-7-15/h2-4,6-7,12,18H,5,8-11,13H2,1H3. The number of nitrogens with zero attached hydrogens (tertiary/aromatic N) is 3. The highest BCUT2D eigenvalue weighted by Gasteiger charge is 2.21. The molecular weight excluding hydrogens is 276 g/mol. The second-order valence-corrected chi connectivity index (χ2v) is 5.68. The number of hydrogen-bond donors (Lipinski definition) is 1. The summed E-state index contributed by atoms with van der Waals surface area (Å²) in [5.74, 6) is 0.0977. The minimum Gasteiger partial charge on any atom is -0.337 e. The molecule has 0 aliphatic carbocycles. The predicted octanol–water partition coefficient (Wildman–Crippen LogP) is 1.68. The second kappa shape index (κ2) is 6.75. The fourth-order valence-electron chi connectivity index (χ4n) is 2.79. The van der Waals surface area contributed by atoms with E-state index in [0.717, 1.165) is 43.9 Å². The molecule has 1 aliphatic heterocycles. The van der Waals surface area contributed by atoms with E-state index in [2.05, 4.69) is 22.5 Å². The normalized spacial score (nSPS) is 15.6. The Morgan fingerprint density at radius 1 is 1.23 bits per heavy atom. The molecule has 0 spiro atoms. The Morgan fingerprint density at radius 2 is 2.05 bits per heavy atom. The van der Waals surface area contributed by atoms with Crippen molar-refractivity contribution in [3.8, 4) is 0 Å². The average molecular weight is 298 g/mol. The number of carbonyl (C=O) groups excluding carboxylic acids is 1. The van der Waals surface area contributed by atoms with E-state index >= 15 is 0 Å². The average Bonchev–Trinajstić information content (AvgIpc) is 2.77. The van der Waals surface area contributed by atoms with Gasteiger partial charge in [0.2, 0.25) is 0 Å². The molecule has 1 N–H and O–H groups in total. The van der Waals surface area contributed by atoms with Gasteiger partial charge in [-0.15, -0.1) is 0 Å². The Balaban J connectivity index is 1.76. The molecule has 22 heavy (non-hydrogen) atoms. The molecule has 5 nitrogen and oxygen atoms in total. The minimum absolute atomic E-state index is 0.0977. The van der Waals surface area contributed by atoms with E-state index in [0.29, 0.717) is 6.54 Å². The monoisotopic (exact) mass is 298 g/mol. The van der Waals surface area contributed by atoms with Crippen LogP contribution in [-0.2, 0) is 6.54 Å². The number of carbonyl (C=O) groups is 1. The lowest BCUT2D eigenvalue weighted by Gasteiger charge is -2.19. The largest absolute Gasteiger partial charge is 0.337 e. The van der Waals surface area contributed by atoms with Gasteiger partial charge in [-0.3, -0.25) is 9.48 Å². The molecule has 2 heterocycles. The first-order valence-electron chi connectivity index (χ1n) is 7.82. The van der Waals surface area contributed by atoms with Crippen molar-refractivity contribution in [2.24, 2.45) is 0 Å². The van der Waals surface area contributed by atoms with Gasteiger partial charge in [0.1, 0.15) is 0 Å². The number of amides is 1. The van der Waals surface area contributed by atoms with E-state index in [1.54, 1.807) is 6.20 Å². The molecule has 1 aromatic carbocycles. The smallest absolute Gasteiger partial charge is 0.257 e. The zero-order valence-electron chi connectivity index (χ0n) is 13.0. The van der Waals surface area contributed by atoms with Crippen molar-refractivity contribution < 1.29 is 4.79 Å². The molecule has 0 unspecified atom stereocenters. The van der Waals surface area contributed by atoms with Crippen molar-refractivity contribution in [3.05, 3.63) is 53.3 Å². The maximum atomic E-state index is 12.7. The second-order valence-electron chi connectivity index (χ2n) is 5.68. The van der Waals surface area contributed by atoms with E-state index in [9.17, 15) is 4.79 Å². The SMILES string of the molecule is Cc1c(C(=O)N2CCCNCC2)cnn1Cc1ccccc1. The molecule has 0 bridgehead atoms. The van der Waals surface area contributed by atoms with Crippen molar-refractivity contribution in [3.63, 3.8) is 0 Å². The molecule has 116 valence electrons. The lowest BCUT2D eigenvalue weighted by molar-refractivity contribution is 0.0765. The summed E-state index contributed by atoms with van der Waals surface area (Å²) < 4.78 is 1.90. The Kier molecular flexibility index (Phi) is 4.53. The highest BCUT2D eigenvalue weighted by atomic mass is 16.2. The first-order chi connectivity index (χ1) is 10.8. The van der Waals surface area contributed by atoms with Crippen molar-refractivity contribution in [2.45, 2.75) is 19.9 Å². The molecule has 1 aliphatic rings. The number of rotatable bonds is 3. The van der Waals surface area contributed by atoms with E-state index < -0.39 is 0 Å². The van der Waals surface area contributed by atoms with E-state index in [-0.39, 0.29) is 5.91 Å². The van der Waals surface area contributed by atoms with Crippen LogP contribution in [0.3, 0.4) is 0 Å². The Bertz CT molecular complexity index is 627. The van der Waals surface area contributed by atoms with Crippen LogP contribution in [0.5, 0.6) is 0 Å². The van der Waals surface area contributed by atoms with Crippen LogP contribution in [0.25, 0.3) is 0 Å². The summed E-state index contributed by atoms with van der Waals surface area (Å²) in [6.45, 7) is 6.09. The topological polar surface area (TPSA) is 50.2 Å². The molecule has 1 saturated heterocycles. The van der Waals surface area contributed by atoms with Crippen LogP contribution in [0.1, 0.15) is 28.0 Å². The molecule has 5 heteroatoms. The van der Waals surface area contributed by atoms with E-state index in [4.69, 9.17) is 0 Å². The number of nitrogens with one attached hydrogen (secondary N) is 1. The van der Waals surface area contributed by atoms with Crippen molar-refractivity contribution in [1.82, 2.24) is 20.0 Å². The number of aromatic nitrogens is 2. The quantitative estimate of drug-likeness (QED) is 0.938. The molecule has 0 atom stereocenters. The Hall–Kier alpha value is -2.14. The van der Waals surface area contributed by atoms with Gasteiger partial charge in [0.25, 0.3) is 5.91 Å². The lowest BCUT2D eigenvalue weighted by Crippen LogP contribution is -2.34. The molecule has 0 radical (unpaired) electrons. The summed E-state index contributed by atoms with van der Waals surface area (Å²) in [5.41, 5.74) is 2.84. The zero-order chi connectivity index (χ0) is 15.4. The first-order valence-corrected chi connectivity index (χ1v) is 7.82. The molecular formula is C17H22N4O. The minimum atomic E-state index is 0.0977. The van der Waals surface area contributed by atoms with Gasteiger partial charge in [-0.05, 0) is 25.5 Å². The van der Waals surface area contributed by atoms with E-state index in [1.807, 2.05) is 34.7 Å². The maximum absolute atomic E-state index is 12.7. The number of hydrogen-bond acceptors (Lipinski definition) is 3. The molecule has 2 aromatic rings. The molecule has 1 aromatic heterocycles. The summed E-state index contributed by atoms with van der Waals surface area (Å²) in [5, 5.41) is 7.73. The molecule has 1 fully saturated rings. The fourth-order valence-corrected chi connectivity index (χ4v) is 2.79. The third kappa shape index (κ3) is 3.20. The van der Waals surface area contributed by atoms with E-state index in [1.165, 1.54) is 5.56 Å². The maximum Gasteiger partial charge on any atom is 0.257 e. The van der Waals surface area contributed by atoms with Gasteiger partial charge in [0.05, 0.1) is 18.3 Å². The van der Waals surface area contributed by atoms with Crippen LogP contribution in [0.2, 0.25) is 0 Å². The van der Waals surface area contributed by atoms with Crippen LogP contribution >= 0.6 is 0 Å². The highest BCUT2D eigenvalue weighted by Crippen LogP contribution is 2.13. The van der Waals surface area contributed by atoms with Gasteiger partial charge in [-0.25, -0.2) is 0 Å². The van der Waals surface area contributed by atoms with Gasteiger partial charge in [-0.2, -0.15) is 5.10 Å². The molecule has 0 saturated carbocycles. The van der Waals surface area contributed by atoms with Crippen LogP contribution < -0.4 is 5.32 Å². The summed E-state index contributed by atoms with van der Waals surface area (Å²) in [6, 6.07) is 10.2. The Labute approximate surface area is 130 Å². The summed E-state index contributed by atoms with van der Waals surface area (Å²) >= 11 is 0. The van der Waals surface area contributed by atoms with Crippen molar-refractivity contribution >= 4 is 5.91 Å². The predicted molar refractivity (Wildman–Crippen MR) is 85.9 cm³/mol. The van der Waals surface area contributed by atoms with Crippen LogP contribution in [0.4, 0.5) is 0 Å². The zero-order valence-corrected chi connectivity index (χ0v) is 13.0. The molecule has 3 rings (SSSR count). The first kappa shape index (κ1) is 14.8. The van der Waals surface area contributed by atoms with Crippen LogP contribution in [0.15, 0.2) is 36.5 Å². The van der Waals surface area contributed by atoms with Gasteiger partial charge in [0, 0.05) is 25.3 Å². The van der Waals surface area contributed by atoms with Crippen molar-refractivity contribution in [1.29, 1.82) is 0 Å². The van der Waals surface area contributed by atoms with Gasteiger partial charge < -0.3 is 10.2 Å². The number of benzene rings is 1. The van der Waals surface area contributed by atoms with Crippen molar-refractivity contribution in [2.75, 3.05) is 26.2 Å². The van der Waals surface area contributed by atoms with Gasteiger partial charge >= 0.3 is 0 Å². The summed E-state index contributed by atoms with van der Waals surface area (Å²) in [4.78, 5) is 14.6. The highest BCUT2D eigenvalue weighted by molar-refractivity contribution is 5.95. The Morgan fingerprint density at radius 3 is 2.86 bits per heavy atom.